The fourth-order valence-corrected chi connectivity index (χ4v) is 4.93. The molecule has 36 heavy (non-hydrogen) atoms. The first-order valence-electron chi connectivity index (χ1n) is 13.2. The van der Waals surface area contributed by atoms with Crippen LogP contribution in [0.5, 0.6) is 0 Å². The maximum absolute atomic E-state index is 13.4. The number of likely N-dealkylation sites (tertiary alicyclic amines) is 1. The van der Waals surface area contributed by atoms with E-state index < -0.39 is 11.7 Å². The maximum atomic E-state index is 13.4. The van der Waals surface area contributed by atoms with Crippen LogP contribution < -0.4 is 16.0 Å². The van der Waals surface area contributed by atoms with Gasteiger partial charge >= 0.3 is 6.09 Å². The second-order valence-electron chi connectivity index (χ2n) is 11.0. The minimum Gasteiger partial charge on any atom is -0.444 e. The van der Waals surface area contributed by atoms with Crippen LogP contribution in [0.15, 0.2) is 48.5 Å². The highest BCUT2D eigenvalue weighted by Gasteiger charge is 2.29. The van der Waals surface area contributed by atoms with Gasteiger partial charge in [0.05, 0.1) is 17.4 Å². The zero-order valence-corrected chi connectivity index (χ0v) is 21.8. The van der Waals surface area contributed by atoms with Crippen molar-refractivity contribution in [1.82, 2.24) is 10.2 Å². The van der Waals surface area contributed by atoms with Crippen LogP contribution in [0.25, 0.3) is 0 Å². The van der Waals surface area contributed by atoms with E-state index in [2.05, 4.69) is 28.1 Å². The predicted octanol–water partition coefficient (Wildman–Crippen LogP) is 5.78. The van der Waals surface area contributed by atoms with Crippen molar-refractivity contribution in [1.29, 1.82) is 0 Å². The average molecular weight is 493 g/mol. The summed E-state index contributed by atoms with van der Waals surface area (Å²) in [6.45, 7) is 7.29. The van der Waals surface area contributed by atoms with E-state index in [0.29, 0.717) is 37.7 Å². The normalized spacial score (nSPS) is 18.5. The molecule has 2 aromatic rings. The van der Waals surface area contributed by atoms with E-state index in [-0.39, 0.29) is 11.9 Å². The minimum atomic E-state index is -0.547. The predicted molar refractivity (Wildman–Crippen MR) is 144 cm³/mol. The number of carbonyl (C=O) groups is 2. The fraction of sp³-hybridized carbons (Fsp3) is 0.517. The third-order valence-corrected chi connectivity index (χ3v) is 6.75. The summed E-state index contributed by atoms with van der Waals surface area (Å²) < 4.78 is 5.37. The van der Waals surface area contributed by atoms with Gasteiger partial charge in [0, 0.05) is 31.2 Å². The van der Waals surface area contributed by atoms with E-state index in [1.54, 1.807) is 0 Å². The smallest absolute Gasteiger partial charge is 0.407 e. The number of alkyl carbamates (subject to hydrolysis) is 1. The van der Waals surface area contributed by atoms with Crippen LogP contribution in [0.2, 0.25) is 0 Å². The Labute approximate surface area is 215 Å². The van der Waals surface area contributed by atoms with Crippen LogP contribution in [0, 0.1) is 0 Å². The Morgan fingerprint density at radius 2 is 1.69 bits per heavy atom. The third-order valence-electron chi connectivity index (χ3n) is 6.75. The lowest BCUT2D eigenvalue weighted by Crippen LogP contribution is -2.41. The molecule has 2 fully saturated rings. The van der Waals surface area contributed by atoms with Crippen molar-refractivity contribution in [2.24, 2.45) is 0 Å². The third kappa shape index (κ3) is 7.39. The summed E-state index contributed by atoms with van der Waals surface area (Å²) in [7, 11) is 0. The number of hydrogen-bond donors (Lipinski definition) is 3. The summed E-state index contributed by atoms with van der Waals surface area (Å²) in [5, 5.41) is 10.2. The molecule has 3 N–H and O–H groups in total. The minimum absolute atomic E-state index is 0.0181. The van der Waals surface area contributed by atoms with Crippen LogP contribution in [0.4, 0.5) is 16.2 Å². The number of hydrogen-bond acceptors (Lipinski definition) is 5. The molecule has 4 rings (SSSR count). The number of carbonyl (C=O) groups excluding carboxylic acids is 2. The summed E-state index contributed by atoms with van der Waals surface area (Å²) in [5.74, 6) is -0.0181. The molecule has 2 amide bonds. The van der Waals surface area contributed by atoms with Crippen molar-refractivity contribution in [3.05, 3.63) is 59.7 Å². The molecule has 2 aromatic carbocycles. The molecule has 0 radical (unpaired) electrons. The first-order valence-corrected chi connectivity index (χ1v) is 13.2. The number of ether oxygens (including phenoxy) is 1. The number of nitrogens with zero attached hydrogens (tertiary/aromatic N) is 1. The second-order valence-corrected chi connectivity index (χ2v) is 11.0. The summed E-state index contributed by atoms with van der Waals surface area (Å²) in [6.07, 6.45) is 6.46. The Hall–Kier alpha value is -3.22. The molecule has 2 aliphatic rings. The number of benzene rings is 2. The number of rotatable bonds is 7. The van der Waals surface area contributed by atoms with E-state index in [1.807, 2.05) is 62.1 Å². The molecule has 1 saturated heterocycles. The monoisotopic (exact) mass is 492 g/mol. The van der Waals surface area contributed by atoms with Gasteiger partial charge in [-0.25, -0.2) is 4.79 Å². The van der Waals surface area contributed by atoms with Crippen molar-refractivity contribution >= 4 is 23.4 Å². The van der Waals surface area contributed by atoms with E-state index in [0.717, 1.165) is 11.4 Å². The topological polar surface area (TPSA) is 82.7 Å². The number of anilines is 2. The highest BCUT2D eigenvalue weighted by atomic mass is 16.6. The fourth-order valence-electron chi connectivity index (χ4n) is 4.93. The quantitative estimate of drug-likeness (QED) is 0.456. The highest BCUT2D eigenvalue weighted by Crippen LogP contribution is 2.29. The van der Waals surface area contributed by atoms with Crippen molar-refractivity contribution < 1.29 is 14.3 Å². The van der Waals surface area contributed by atoms with Gasteiger partial charge < -0.3 is 25.6 Å². The van der Waals surface area contributed by atoms with Gasteiger partial charge in [0.25, 0.3) is 5.91 Å². The van der Waals surface area contributed by atoms with Crippen LogP contribution in [0.1, 0.15) is 75.2 Å². The molecule has 1 heterocycles. The van der Waals surface area contributed by atoms with Crippen molar-refractivity contribution in [2.45, 2.75) is 83.5 Å². The molecule has 1 aliphatic carbocycles. The van der Waals surface area contributed by atoms with Gasteiger partial charge in [-0.15, -0.1) is 0 Å². The van der Waals surface area contributed by atoms with Crippen LogP contribution in [-0.4, -0.2) is 47.7 Å². The zero-order chi connectivity index (χ0) is 25.5. The van der Waals surface area contributed by atoms with E-state index in [4.69, 9.17) is 4.74 Å². The molecule has 0 bridgehead atoms. The van der Waals surface area contributed by atoms with Gasteiger partial charge in [-0.3, -0.25) is 4.79 Å². The van der Waals surface area contributed by atoms with E-state index in [9.17, 15) is 9.59 Å². The Kier molecular flexibility index (Phi) is 8.39. The molecule has 7 heteroatoms. The van der Waals surface area contributed by atoms with Crippen molar-refractivity contribution in [3.8, 4) is 0 Å². The Balaban J connectivity index is 1.44. The molecule has 194 valence electrons. The first kappa shape index (κ1) is 25.9. The lowest BCUT2D eigenvalue weighted by molar-refractivity contribution is 0.0502. The second kappa shape index (κ2) is 11.7. The Morgan fingerprint density at radius 1 is 0.944 bits per heavy atom. The molecule has 1 aliphatic heterocycles. The average Bonchev–Trinajstić information content (AvgIpc) is 3.31. The molecule has 1 unspecified atom stereocenters. The summed E-state index contributed by atoms with van der Waals surface area (Å²) in [6, 6.07) is 16.5. The van der Waals surface area contributed by atoms with Gasteiger partial charge in [-0.05, 0) is 63.8 Å². The SMILES string of the molecule is CC(C)(C)OC(=O)NC1CCN(C(=O)c2ccc(NC3CCCCC3)c(NCc3ccccc3)c2)C1. The maximum Gasteiger partial charge on any atom is 0.407 e. The van der Waals surface area contributed by atoms with E-state index in [1.165, 1.54) is 37.7 Å². The lowest BCUT2D eigenvalue weighted by atomic mass is 9.95. The number of nitrogens with one attached hydrogen (secondary N) is 3. The van der Waals surface area contributed by atoms with Crippen LogP contribution >= 0.6 is 0 Å². The molecule has 1 saturated carbocycles. The summed E-state index contributed by atoms with van der Waals surface area (Å²) in [4.78, 5) is 27.3. The largest absolute Gasteiger partial charge is 0.444 e. The highest BCUT2D eigenvalue weighted by molar-refractivity contribution is 5.96. The Morgan fingerprint density at radius 3 is 2.42 bits per heavy atom. The van der Waals surface area contributed by atoms with Gasteiger partial charge in [0.2, 0.25) is 0 Å². The molecule has 0 aromatic heterocycles. The molecule has 7 nitrogen and oxygen atoms in total. The Bertz CT molecular complexity index is 1030. The van der Waals surface area contributed by atoms with Gasteiger partial charge in [-0.1, -0.05) is 49.6 Å². The van der Waals surface area contributed by atoms with Crippen LogP contribution in [0.3, 0.4) is 0 Å². The molecular weight excluding hydrogens is 452 g/mol. The zero-order valence-electron chi connectivity index (χ0n) is 21.8. The summed E-state index contributed by atoms with van der Waals surface area (Å²) in [5.41, 5.74) is 3.28. The van der Waals surface area contributed by atoms with Crippen molar-refractivity contribution in [3.63, 3.8) is 0 Å². The van der Waals surface area contributed by atoms with Crippen molar-refractivity contribution in [2.75, 3.05) is 23.7 Å². The van der Waals surface area contributed by atoms with Gasteiger partial charge in [0.15, 0.2) is 0 Å². The van der Waals surface area contributed by atoms with Gasteiger partial charge in [0.1, 0.15) is 5.60 Å². The van der Waals surface area contributed by atoms with E-state index >= 15 is 0 Å². The number of amides is 2. The molecule has 0 spiro atoms. The standard InChI is InChI=1S/C29H40N4O3/c1-29(2,3)36-28(35)32-24-16-17-33(20-24)27(34)22-14-15-25(31-23-12-8-5-9-13-23)26(18-22)30-19-21-10-6-4-7-11-21/h4,6-7,10-11,14-15,18,23-24,30-31H,5,8-9,12-13,16-17,19-20H2,1-3H3,(H,32,35). The molecule has 1 atom stereocenters. The first-order chi connectivity index (χ1) is 17.3. The van der Waals surface area contributed by atoms with Gasteiger partial charge in [-0.2, -0.15) is 0 Å². The van der Waals surface area contributed by atoms with Crippen LogP contribution in [-0.2, 0) is 11.3 Å². The molecular formula is C29H40N4O3. The lowest BCUT2D eigenvalue weighted by Gasteiger charge is -2.26. The summed E-state index contributed by atoms with van der Waals surface area (Å²) >= 11 is 0.